The maximum absolute atomic E-state index is 12.1. The molecule has 0 aromatic heterocycles. The minimum absolute atomic E-state index is 0.142. The van der Waals surface area contributed by atoms with Crippen molar-refractivity contribution in [3.63, 3.8) is 0 Å². The second-order valence-electron chi connectivity index (χ2n) is 5.91. The molecule has 0 aliphatic heterocycles. The van der Waals surface area contributed by atoms with E-state index in [0.29, 0.717) is 6.04 Å². The Bertz CT molecular complexity index is 304. The minimum Gasteiger partial charge on any atom is -0.480 e. The molecule has 0 radical (unpaired) electrons. The molecule has 0 atom stereocenters. The van der Waals surface area contributed by atoms with Crippen LogP contribution in [0.5, 0.6) is 0 Å². The lowest BCUT2D eigenvalue weighted by Crippen LogP contribution is -2.51. The van der Waals surface area contributed by atoms with Gasteiger partial charge in [-0.3, -0.25) is 9.59 Å². The van der Waals surface area contributed by atoms with Crippen LogP contribution in [0.15, 0.2) is 0 Å². The van der Waals surface area contributed by atoms with Gasteiger partial charge in [-0.15, -0.1) is 0 Å². The molecule has 0 heterocycles. The first-order valence-corrected chi connectivity index (χ1v) is 6.56. The Kier molecular flexibility index (Phi) is 5.14. The Morgan fingerprint density at radius 2 is 1.83 bits per heavy atom. The van der Waals surface area contributed by atoms with E-state index in [2.05, 4.69) is 5.32 Å². The summed E-state index contributed by atoms with van der Waals surface area (Å²) >= 11 is 0. The van der Waals surface area contributed by atoms with E-state index in [1.807, 2.05) is 20.8 Å². The van der Waals surface area contributed by atoms with Crippen molar-refractivity contribution in [2.75, 3.05) is 13.1 Å². The zero-order valence-corrected chi connectivity index (χ0v) is 11.5. The Balaban J connectivity index is 2.50. The van der Waals surface area contributed by atoms with Crippen LogP contribution < -0.4 is 5.32 Å². The quantitative estimate of drug-likeness (QED) is 0.776. The maximum atomic E-state index is 12.1. The van der Waals surface area contributed by atoms with E-state index in [9.17, 15) is 9.59 Å². The van der Waals surface area contributed by atoms with Gasteiger partial charge in [-0.2, -0.15) is 0 Å². The molecule has 1 aliphatic rings. The zero-order chi connectivity index (χ0) is 13.8. The monoisotopic (exact) mass is 256 g/mol. The summed E-state index contributed by atoms with van der Waals surface area (Å²) in [4.78, 5) is 24.3. The number of carboxylic acids is 1. The first-order chi connectivity index (χ1) is 8.30. The fourth-order valence-corrected chi connectivity index (χ4v) is 2.29. The number of carbonyl (C=O) groups is 2. The van der Waals surface area contributed by atoms with Gasteiger partial charge in [0.2, 0.25) is 5.91 Å². The first-order valence-electron chi connectivity index (χ1n) is 6.56. The lowest BCUT2D eigenvalue weighted by atomic mass is 10.1. The van der Waals surface area contributed by atoms with E-state index in [0.717, 1.165) is 12.8 Å². The number of hydrogen-bond acceptors (Lipinski definition) is 3. The van der Waals surface area contributed by atoms with Crippen molar-refractivity contribution >= 4 is 11.9 Å². The normalized spacial score (nSPS) is 16.8. The molecule has 5 heteroatoms. The number of hydrogen-bond donors (Lipinski definition) is 2. The van der Waals surface area contributed by atoms with Gasteiger partial charge in [-0.05, 0) is 33.6 Å². The summed E-state index contributed by atoms with van der Waals surface area (Å²) in [6.45, 7) is 5.54. The van der Waals surface area contributed by atoms with Crippen LogP contribution in [0.3, 0.4) is 0 Å². The van der Waals surface area contributed by atoms with Gasteiger partial charge >= 0.3 is 5.97 Å². The molecule has 1 fully saturated rings. The van der Waals surface area contributed by atoms with Crippen molar-refractivity contribution in [2.24, 2.45) is 0 Å². The van der Waals surface area contributed by atoms with Crippen molar-refractivity contribution in [3.05, 3.63) is 0 Å². The first kappa shape index (κ1) is 15.0. The van der Waals surface area contributed by atoms with Gasteiger partial charge in [0.15, 0.2) is 0 Å². The lowest BCUT2D eigenvalue weighted by molar-refractivity contribution is -0.147. The van der Waals surface area contributed by atoms with Crippen LogP contribution in [0.4, 0.5) is 0 Å². The van der Waals surface area contributed by atoms with Crippen LogP contribution in [-0.2, 0) is 9.59 Å². The van der Waals surface area contributed by atoms with Gasteiger partial charge in [-0.1, -0.05) is 12.8 Å². The number of amides is 1. The fraction of sp³-hybridized carbons (Fsp3) is 0.846. The molecule has 0 unspecified atom stereocenters. The van der Waals surface area contributed by atoms with Crippen LogP contribution in [-0.4, -0.2) is 46.6 Å². The van der Waals surface area contributed by atoms with Gasteiger partial charge in [0.25, 0.3) is 0 Å². The third-order valence-corrected chi connectivity index (χ3v) is 3.30. The van der Waals surface area contributed by atoms with Crippen LogP contribution >= 0.6 is 0 Å². The molecule has 1 amide bonds. The minimum atomic E-state index is -0.973. The number of rotatable bonds is 5. The summed E-state index contributed by atoms with van der Waals surface area (Å²) in [6.07, 6.45) is 4.65. The maximum Gasteiger partial charge on any atom is 0.323 e. The summed E-state index contributed by atoms with van der Waals surface area (Å²) in [5, 5.41) is 12.1. The highest BCUT2D eigenvalue weighted by atomic mass is 16.4. The van der Waals surface area contributed by atoms with E-state index in [-0.39, 0.29) is 19.0 Å². The standard InChI is InChI=1S/C13H24N2O3/c1-13(2,3)15(9-12(17)18)11(16)8-14-10-6-4-5-7-10/h10,14H,4-9H2,1-3H3,(H,17,18). The molecule has 0 aromatic carbocycles. The van der Waals surface area contributed by atoms with Crippen LogP contribution in [0.1, 0.15) is 46.5 Å². The van der Waals surface area contributed by atoms with Crippen LogP contribution in [0, 0.1) is 0 Å². The predicted octanol–water partition coefficient (Wildman–Crippen LogP) is 1.23. The average molecular weight is 256 g/mol. The van der Waals surface area contributed by atoms with Gasteiger partial charge in [0.05, 0.1) is 6.54 Å². The molecule has 0 aromatic rings. The van der Waals surface area contributed by atoms with Crippen LogP contribution in [0.25, 0.3) is 0 Å². The van der Waals surface area contributed by atoms with E-state index in [1.54, 1.807) is 0 Å². The molecular formula is C13H24N2O3. The topological polar surface area (TPSA) is 69.6 Å². The molecule has 0 bridgehead atoms. The summed E-state index contributed by atoms with van der Waals surface area (Å²) in [6, 6.07) is 0.417. The highest BCUT2D eigenvalue weighted by Crippen LogP contribution is 2.18. The van der Waals surface area contributed by atoms with E-state index in [1.165, 1.54) is 17.7 Å². The summed E-state index contributed by atoms with van der Waals surface area (Å²) in [5.41, 5.74) is -0.465. The third kappa shape index (κ3) is 4.64. The predicted molar refractivity (Wildman–Crippen MR) is 69.4 cm³/mol. The highest BCUT2D eigenvalue weighted by Gasteiger charge is 2.28. The summed E-state index contributed by atoms with van der Waals surface area (Å²) < 4.78 is 0. The van der Waals surface area contributed by atoms with Crippen molar-refractivity contribution in [1.29, 1.82) is 0 Å². The largest absolute Gasteiger partial charge is 0.480 e. The molecule has 0 saturated heterocycles. The molecule has 18 heavy (non-hydrogen) atoms. The Labute approximate surface area is 109 Å². The molecule has 0 spiro atoms. The zero-order valence-electron chi connectivity index (χ0n) is 11.5. The molecule has 2 N–H and O–H groups in total. The van der Waals surface area contributed by atoms with Crippen molar-refractivity contribution in [1.82, 2.24) is 10.2 Å². The SMILES string of the molecule is CC(C)(C)N(CC(=O)O)C(=O)CNC1CCCC1. The van der Waals surface area contributed by atoms with Gasteiger partial charge < -0.3 is 15.3 Å². The smallest absolute Gasteiger partial charge is 0.323 e. The van der Waals surface area contributed by atoms with Gasteiger partial charge in [0.1, 0.15) is 6.54 Å². The Morgan fingerprint density at radius 1 is 1.28 bits per heavy atom. The second kappa shape index (κ2) is 6.18. The molecule has 104 valence electrons. The van der Waals surface area contributed by atoms with Crippen molar-refractivity contribution < 1.29 is 14.7 Å². The molecule has 1 saturated carbocycles. The third-order valence-electron chi connectivity index (χ3n) is 3.30. The molecule has 5 nitrogen and oxygen atoms in total. The molecule has 1 rings (SSSR count). The average Bonchev–Trinajstić information content (AvgIpc) is 2.73. The number of aliphatic carboxylic acids is 1. The van der Waals surface area contributed by atoms with Gasteiger partial charge in [-0.25, -0.2) is 0 Å². The summed E-state index contributed by atoms with van der Waals surface area (Å²) in [7, 11) is 0. The van der Waals surface area contributed by atoms with E-state index >= 15 is 0 Å². The Morgan fingerprint density at radius 3 is 2.28 bits per heavy atom. The second-order valence-corrected chi connectivity index (χ2v) is 5.91. The van der Waals surface area contributed by atoms with Crippen LogP contribution in [0.2, 0.25) is 0 Å². The van der Waals surface area contributed by atoms with E-state index in [4.69, 9.17) is 5.11 Å². The Hall–Kier alpha value is -1.10. The highest BCUT2D eigenvalue weighted by molar-refractivity contribution is 5.83. The lowest BCUT2D eigenvalue weighted by Gasteiger charge is -2.34. The summed E-state index contributed by atoms with van der Waals surface area (Å²) in [5.74, 6) is -1.11. The van der Waals surface area contributed by atoms with Crippen molar-refractivity contribution in [3.8, 4) is 0 Å². The number of nitrogens with one attached hydrogen (secondary N) is 1. The molecular weight excluding hydrogens is 232 g/mol. The number of nitrogens with zero attached hydrogens (tertiary/aromatic N) is 1. The van der Waals surface area contributed by atoms with E-state index < -0.39 is 11.5 Å². The number of carbonyl (C=O) groups excluding carboxylic acids is 1. The molecule has 1 aliphatic carbocycles. The fourth-order valence-electron chi connectivity index (χ4n) is 2.29. The number of carboxylic acid groups (broad SMARTS) is 1. The van der Waals surface area contributed by atoms with Crippen molar-refractivity contribution in [2.45, 2.75) is 58.0 Å². The van der Waals surface area contributed by atoms with Gasteiger partial charge in [0, 0.05) is 11.6 Å².